The van der Waals surface area contributed by atoms with Gasteiger partial charge in [0.05, 0.1) is 17.5 Å². The molecule has 130 valence electrons. The highest BCUT2D eigenvalue weighted by Crippen LogP contribution is 2.37. The van der Waals surface area contributed by atoms with Gasteiger partial charge >= 0.3 is 0 Å². The summed E-state index contributed by atoms with van der Waals surface area (Å²) in [6, 6.07) is 6.64. The van der Waals surface area contributed by atoms with Crippen LogP contribution in [0.1, 0.15) is 6.92 Å². The van der Waals surface area contributed by atoms with Gasteiger partial charge in [-0.15, -0.1) is 0 Å². The monoisotopic (exact) mass is 388 g/mol. The number of thioether (sulfide) groups is 1. The van der Waals surface area contributed by atoms with Crippen LogP contribution in [-0.2, 0) is 14.6 Å². The van der Waals surface area contributed by atoms with E-state index in [1.54, 1.807) is 24.3 Å². The SMILES string of the molecule is CCN1C(=NC(=O)COc2ccc(Cl)cc2)SC2CS(=O)(=O)CC21. The molecule has 9 heteroatoms. The maximum Gasteiger partial charge on any atom is 0.285 e. The van der Waals surface area contributed by atoms with E-state index in [1.165, 1.54) is 11.8 Å². The molecule has 6 nitrogen and oxygen atoms in total. The third-order valence-corrected chi connectivity index (χ3v) is 7.41. The zero-order chi connectivity index (χ0) is 17.3. The van der Waals surface area contributed by atoms with Crippen molar-refractivity contribution in [1.29, 1.82) is 0 Å². The number of hydrogen-bond acceptors (Lipinski definition) is 5. The summed E-state index contributed by atoms with van der Waals surface area (Å²) in [6.45, 7) is 2.38. The van der Waals surface area contributed by atoms with Crippen LogP contribution in [0.5, 0.6) is 5.75 Å². The number of amides is 1. The van der Waals surface area contributed by atoms with E-state index < -0.39 is 15.7 Å². The van der Waals surface area contributed by atoms with Crippen LogP contribution in [0.2, 0.25) is 5.02 Å². The van der Waals surface area contributed by atoms with Gasteiger partial charge in [0.2, 0.25) is 0 Å². The molecule has 2 unspecified atom stereocenters. The third kappa shape index (κ3) is 3.87. The lowest BCUT2D eigenvalue weighted by Gasteiger charge is -2.22. The minimum atomic E-state index is -2.99. The Balaban J connectivity index is 1.63. The molecule has 1 aromatic rings. The second-order valence-corrected chi connectivity index (χ2v) is 9.41. The smallest absolute Gasteiger partial charge is 0.285 e. The summed E-state index contributed by atoms with van der Waals surface area (Å²) in [6.07, 6.45) is 0. The maximum absolute atomic E-state index is 12.1. The Kier molecular flexibility index (Phi) is 5.08. The predicted octanol–water partition coefficient (Wildman–Crippen LogP) is 1.84. The summed E-state index contributed by atoms with van der Waals surface area (Å²) < 4.78 is 28.9. The molecule has 0 N–H and O–H groups in total. The van der Waals surface area contributed by atoms with Crippen molar-refractivity contribution in [2.45, 2.75) is 18.2 Å². The fourth-order valence-corrected chi connectivity index (χ4v) is 6.98. The third-order valence-electron chi connectivity index (χ3n) is 3.91. The molecule has 2 saturated heterocycles. The highest BCUT2D eigenvalue weighted by Gasteiger charge is 2.48. The van der Waals surface area contributed by atoms with Gasteiger partial charge in [-0.05, 0) is 31.2 Å². The van der Waals surface area contributed by atoms with Crippen molar-refractivity contribution in [3.05, 3.63) is 29.3 Å². The first kappa shape index (κ1) is 17.6. The molecule has 2 atom stereocenters. The topological polar surface area (TPSA) is 76.0 Å². The Morgan fingerprint density at radius 3 is 2.75 bits per heavy atom. The quantitative estimate of drug-likeness (QED) is 0.783. The Labute approximate surface area is 150 Å². The van der Waals surface area contributed by atoms with Crippen LogP contribution >= 0.6 is 23.4 Å². The lowest BCUT2D eigenvalue weighted by atomic mass is 10.2. The number of rotatable bonds is 4. The van der Waals surface area contributed by atoms with Crippen LogP contribution < -0.4 is 4.74 Å². The first-order valence-corrected chi connectivity index (χ1v) is 10.6. The van der Waals surface area contributed by atoms with E-state index in [4.69, 9.17) is 16.3 Å². The standard InChI is InChI=1S/C15H17ClN2O4S2/c1-2-18-12-8-24(20,21)9-13(12)23-15(18)17-14(19)7-22-11-5-3-10(16)4-6-11/h3-6,12-13H,2,7-9H2,1H3. The normalized spacial score (nSPS) is 26.6. The average Bonchev–Trinajstić information content (AvgIpc) is 2.97. The number of aliphatic imine (C=N–C) groups is 1. The number of hydrogen-bond donors (Lipinski definition) is 0. The van der Waals surface area contributed by atoms with Crippen LogP contribution in [0, 0.1) is 0 Å². The molecule has 2 heterocycles. The second kappa shape index (κ2) is 6.93. The summed E-state index contributed by atoms with van der Waals surface area (Å²) in [5.41, 5.74) is 0. The molecule has 2 fully saturated rings. The largest absolute Gasteiger partial charge is 0.484 e. The molecular weight excluding hydrogens is 372 g/mol. The number of amidine groups is 1. The van der Waals surface area contributed by atoms with Crippen LogP contribution in [0.4, 0.5) is 0 Å². The molecule has 2 aliphatic heterocycles. The zero-order valence-electron chi connectivity index (χ0n) is 13.0. The zero-order valence-corrected chi connectivity index (χ0v) is 15.4. The fourth-order valence-electron chi connectivity index (χ4n) is 2.82. The van der Waals surface area contributed by atoms with E-state index in [9.17, 15) is 13.2 Å². The number of fused-ring (bicyclic) bond motifs is 1. The van der Waals surface area contributed by atoms with Crippen molar-refractivity contribution in [3.8, 4) is 5.75 Å². The molecule has 1 amide bonds. The summed E-state index contributed by atoms with van der Waals surface area (Å²) in [7, 11) is -2.99. The van der Waals surface area contributed by atoms with Gasteiger partial charge in [0.15, 0.2) is 21.6 Å². The minimum Gasteiger partial charge on any atom is -0.484 e. The van der Waals surface area contributed by atoms with Gasteiger partial charge in [0.1, 0.15) is 5.75 Å². The molecule has 0 aromatic heterocycles. The highest BCUT2D eigenvalue weighted by atomic mass is 35.5. The van der Waals surface area contributed by atoms with Gasteiger partial charge < -0.3 is 9.64 Å². The van der Waals surface area contributed by atoms with Crippen molar-refractivity contribution < 1.29 is 17.9 Å². The highest BCUT2D eigenvalue weighted by molar-refractivity contribution is 8.15. The molecule has 24 heavy (non-hydrogen) atoms. The van der Waals surface area contributed by atoms with E-state index in [2.05, 4.69) is 4.99 Å². The number of ether oxygens (including phenoxy) is 1. The van der Waals surface area contributed by atoms with Gasteiger partial charge in [-0.25, -0.2) is 8.42 Å². The molecule has 1 aromatic carbocycles. The Bertz CT molecular complexity index is 764. The van der Waals surface area contributed by atoms with E-state index in [0.29, 0.717) is 22.5 Å². The van der Waals surface area contributed by atoms with Gasteiger partial charge in [-0.3, -0.25) is 4.79 Å². The summed E-state index contributed by atoms with van der Waals surface area (Å²) in [5, 5.41) is 1.14. The van der Waals surface area contributed by atoms with Crippen LogP contribution in [0.15, 0.2) is 29.3 Å². The molecule has 0 aliphatic carbocycles. The predicted molar refractivity (Wildman–Crippen MR) is 95.6 cm³/mol. The second-order valence-electron chi connectivity index (χ2n) is 5.62. The van der Waals surface area contributed by atoms with Gasteiger partial charge in [0.25, 0.3) is 5.91 Å². The number of carbonyl (C=O) groups excluding carboxylic acids is 1. The molecule has 2 aliphatic rings. The Morgan fingerprint density at radius 2 is 2.08 bits per heavy atom. The lowest BCUT2D eigenvalue weighted by Crippen LogP contribution is -2.37. The summed E-state index contributed by atoms with van der Waals surface area (Å²) in [4.78, 5) is 18.1. The molecular formula is C15H17ClN2O4S2. The lowest BCUT2D eigenvalue weighted by molar-refractivity contribution is -0.119. The molecule has 0 radical (unpaired) electrons. The number of nitrogens with zero attached hydrogens (tertiary/aromatic N) is 2. The Hall–Kier alpha value is -1.25. The van der Waals surface area contributed by atoms with Crippen molar-refractivity contribution in [2.75, 3.05) is 24.7 Å². The van der Waals surface area contributed by atoms with Gasteiger partial charge in [-0.1, -0.05) is 23.4 Å². The summed E-state index contributed by atoms with van der Waals surface area (Å²) >= 11 is 7.16. The number of sulfone groups is 1. The molecule has 0 bridgehead atoms. The van der Waals surface area contributed by atoms with E-state index in [0.717, 1.165) is 0 Å². The van der Waals surface area contributed by atoms with E-state index in [1.807, 2.05) is 11.8 Å². The Morgan fingerprint density at radius 1 is 1.38 bits per heavy atom. The number of benzene rings is 1. The van der Waals surface area contributed by atoms with Crippen LogP contribution in [0.3, 0.4) is 0 Å². The number of halogens is 1. The maximum atomic E-state index is 12.1. The average molecular weight is 389 g/mol. The van der Waals surface area contributed by atoms with Crippen molar-refractivity contribution in [1.82, 2.24) is 4.90 Å². The molecule has 0 spiro atoms. The fraction of sp³-hybridized carbons (Fsp3) is 0.467. The number of carbonyl (C=O) groups is 1. The van der Waals surface area contributed by atoms with Crippen molar-refractivity contribution in [3.63, 3.8) is 0 Å². The van der Waals surface area contributed by atoms with Gasteiger partial charge in [0, 0.05) is 16.8 Å². The van der Waals surface area contributed by atoms with Crippen molar-refractivity contribution in [2.24, 2.45) is 4.99 Å². The van der Waals surface area contributed by atoms with Crippen LogP contribution in [-0.4, -0.2) is 60.3 Å². The van der Waals surface area contributed by atoms with Crippen molar-refractivity contribution >= 4 is 44.3 Å². The van der Waals surface area contributed by atoms with E-state index in [-0.39, 0.29) is 29.4 Å². The minimum absolute atomic E-state index is 0.0429. The first-order chi connectivity index (χ1) is 11.4. The van der Waals surface area contributed by atoms with E-state index >= 15 is 0 Å². The molecule has 0 saturated carbocycles. The van der Waals surface area contributed by atoms with Crippen LogP contribution in [0.25, 0.3) is 0 Å². The van der Waals surface area contributed by atoms with Gasteiger partial charge in [-0.2, -0.15) is 4.99 Å². The summed E-state index contributed by atoms with van der Waals surface area (Å²) in [5.74, 6) is 0.427. The molecule has 3 rings (SSSR count). The first-order valence-electron chi connectivity index (χ1n) is 7.51.